The molecule has 4 N–H and O–H groups in total. The molecule has 1 aliphatic heterocycles. The van der Waals surface area contributed by atoms with E-state index in [1.165, 1.54) is 11.3 Å². The molecule has 218 valence electrons. The van der Waals surface area contributed by atoms with Crippen LogP contribution in [0.15, 0.2) is 25.3 Å². The first-order valence-corrected chi connectivity index (χ1v) is 14.2. The van der Waals surface area contributed by atoms with Crippen LogP contribution in [0.4, 0.5) is 4.79 Å². The number of allylic oxidation sites excluding steroid dienone is 1. The number of urea groups is 1. The molecule has 2 fully saturated rings. The Morgan fingerprint density at radius 3 is 2.21 bits per heavy atom. The summed E-state index contributed by atoms with van der Waals surface area (Å²) >= 11 is 0. The minimum Gasteiger partial charge on any atom is -0.349 e. The van der Waals surface area contributed by atoms with Gasteiger partial charge in [-0.1, -0.05) is 52.2 Å². The molecule has 0 aromatic rings. The number of nitrogens with one attached hydrogen (secondary N) is 4. The van der Waals surface area contributed by atoms with Gasteiger partial charge >= 0.3 is 6.03 Å². The molecule has 0 radical (unpaired) electrons. The van der Waals surface area contributed by atoms with E-state index in [0.29, 0.717) is 32.2 Å². The Kier molecular flexibility index (Phi) is 12.7. The number of Topliss-reactive ketones (excluding diaryl/α,β-unsaturated/α-hetero) is 1. The van der Waals surface area contributed by atoms with Gasteiger partial charge in [0.2, 0.25) is 17.6 Å². The molecule has 2 unspecified atom stereocenters. The summed E-state index contributed by atoms with van der Waals surface area (Å²) < 4.78 is 0. The topological polar surface area (TPSA) is 137 Å². The third-order valence-corrected chi connectivity index (χ3v) is 7.32. The van der Waals surface area contributed by atoms with Gasteiger partial charge in [0.05, 0.1) is 6.04 Å². The standard InChI is InChI=1S/C29H47N5O5/c1-6-8-16-21(23(35)26(37)30-18-9-7-2)32-25(36)22-17-13-19-34(22)27(38)24(29(3,4)5)33-28(39)31-20-14-11-10-12-15-20/h6-7,20-22,24H,1-2,8-19H2,3-5H3,(H,30,37)(H,32,36)(H2,31,33,39)/t21?,22-,24?/m0/s1. The molecule has 10 nitrogen and oxygen atoms in total. The Bertz CT molecular complexity index is 906. The zero-order valence-corrected chi connectivity index (χ0v) is 23.9. The van der Waals surface area contributed by atoms with Gasteiger partial charge in [0.15, 0.2) is 0 Å². The fourth-order valence-corrected chi connectivity index (χ4v) is 5.08. The monoisotopic (exact) mass is 545 g/mol. The molecule has 2 rings (SSSR count). The second kappa shape index (κ2) is 15.4. The number of carbonyl (C=O) groups excluding carboxylic acids is 5. The van der Waals surface area contributed by atoms with Crippen molar-refractivity contribution in [3.8, 4) is 0 Å². The van der Waals surface area contributed by atoms with Gasteiger partial charge < -0.3 is 26.2 Å². The Balaban J connectivity index is 2.10. The second-order valence-electron chi connectivity index (χ2n) is 11.6. The Morgan fingerprint density at radius 2 is 1.59 bits per heavy atom. The number of rotatable bonds is 13. The van der Waals surface area contributed by atoms with Gasteiger partial charge in [-0.2, -0.15) is 0 Å². The molecular formula is C29H47N5O5. The fourth-order valence-electron chi connectivity index (χ4n) is 5.08. The third kappa shape index (κ3) is 9.82. The van der Waals surface area contributed by atoms with Crippen LogP contribution in [0.25, 0.3) is 0 Å². The number of likely N-dealkylation sites (tertiary alicyclic amines) is 1. The highest BCUT2D eigenvalue weighted by molar-refractivity contribution is 6.38. The number of amides is 5. The highest BCUT2D eigenvalue weighted by Gasteiger charge is 2.42. The zero-order valence-electron chi connectivity index (χ0n) is 23.9. The third-order valence-electron chi connectivity index (χ3n) is 7.32. The molecule has 0 aromatic carbocycles. The van der Waals surface area contributed by atoms with Crippen LogP contribution in [-0.2, 0) is 19.2 Å². The van der Waals surface area contributed by atoms with Gasteiger partial charge in [0.25, 0.3) is 5.91 Å². The predicted octanol–water partition coefficient (Wildman–Crippen LogP) is 2.74. The molecule has 1 aliphatic carbocycles. The average molecular weight is 546 g/mol. The molecule has 39 heavy (non-hydrogen) atoms. The normalized spacial score (nSPS) is 19.4. The van der Waals surface area contributed by atoms with E-state index in [1.807, 2.05) is 20.8 Å². The number of hydrogen-bond acceptors (Lipinski definition) is 5. The van der Waals surface area contributed by atoms with Crippen LogP contribution in [0.1, 0.15) is 85.0 Å². The van der Waals surface area contributed by atoms with E-state index < -0.39 is 41.1 Å². The lowest BCUT2D eigenvalue weighted by Gasteiger charge is -2.36. The number of carbonyl (C=O) groups is 5. The van der Waals surface area contributed by atoms with Gasteiger partial charge in [-0.3, -0.25) is 19.2 Å². The first-order valence-electron chi connectivity index (χ1n) is 14.2. The van der Waals surface area contributed by atoms with Crippen molar-refractivity contribution in [1.29, 1.82) is 0 Å². The van der Waals surface area contributed by atoms with Crippen LogP contribution in [0.3, 0.4) is 0 Å². The van der Waals surface area contributed by atoms with Gasteiger partial charge in [-0.15, -0.1) is 13.2 Å². The summed E-state index contributed by atoms with van der Waals surface area (Å²) in [6.45, 7) is 13.5. The van der Waals surface area contributed by atoms with E-state index in [9.17, 15) is 24.0 Å². The van der Waals surface area contributed by atoms with Crippen LogP contribution < -0.4 is 21.3 Å². The van der Waals surface area contributed by atoms with Crippen LogP contribution >= 0.6 is 0 Å². The predicted molar refractivity (Wildman–Crippen MR) is 151 cm³/mol. The van der Waals surface area contributed by atoms with Crippen molar-refractivity contribution in [1.82, 2.24) is 26.2 Å². The number of hydrogen-bond donors (Lipinski definition) is 4. The first-order chi connectivity index (χ1) is 18.5. The smallest absolute Gasteiger partial charge is 0.315 e. The van der Waals surface area contributed by atoms with Gasteiger partial charge in [-0.25, -0.2) is 4.79 Å². The Morgan fingerprint density at radius 1 is 0.923 bits per heavy atom. The van der Waals surface area contributed by atoms with E-state index in [0.717, 1.165) is 25.7 Å². The van der Waals surface area contributed by atoms with Gasteiger partial charge in [-0.05, 0) is 50.4 Å². The maximum atomic E-state index is 13.7. The second-order valence-corrected chi connectivity index (χ2v) is 11.6. The maximum Gasteiger partial charge on any atom is 0.315 e. The van der Waals surface area contributed by atoms with Crippen molar-refractivity contribution < 1.29 is 24.0 Å². The van der Waals surface area contributed by atoms with E-state index >= 15 is 0 Å². The van der Waals surface area contributed by atoms with Crippen LogP contribution in [0.2, 0.25) is 0 Å². The molecule has 10 heteroatoms. The summed E-state index contributed by atoms with van der Waals surface area (Å²) in [4.78, 5) is 66.6. The largest absolute Gasteiger partial charge is 0.349 e. The van der Waals surface area contributed by atoms with Gasteiger partial charge in [0.1, 0.15) is 12.1 Å². The molecule has 0 spiro atoms. The maximum absolute atomic E-state index is 13.7. The molecule has 0 aromatic heterocycles. The molecule has 1 heterocycles. The molecule has 3 atom stereocenters. The minimum absolute atomic E-state index is 0.0961. The summed E-state index contributed by atoms with van der Waals surface area (Å²) in [7, 11) is 0. The molecule has 1 saturated heterocycles. The van der Waals surface area contributed by atoms with Crippen LogP contribution in [0, 0.1) is 5.41 Å². The van der Waals surface area contributed by atoms with Crippen molar-refractivity contribution in [3.05, 3.63) is 25.3 Å². The van der Waals surface area contributed by atoms with Crippen molar-refractivity contribution in [3.63, 3.8) is 0 Å². The first kappa shape index (κ1) is 32.0. The summed E-state index contributed by atoms with van der Waals surface area (Å²) in [5.41, 5.74) is -0.601. The lowest BCUT2D eigenvalue weighted by Crippen LogP contribution is -2.60. The number of ketones is 1. The molecule has 5 amide bonds. The summed E-state index contributed by atoms with van der Waals surface area (Å²) in [6, 6.07) is -2.96. The molecule has 0 bridgehead atoms. The molecular weight excluding hydrogens is 498 g/mol. The summed E-state index contributed by atoms with van der Waals surface area (Å²) in [5, 5.41) is 11.1. The minimum atomic E-state index is -1.03. The summed E-state index contributed by atoms with van der Waals surface area (Å²) in [5.74, 6) is -2.33. The lowest BCUT2D eigenvalue weighted by molar-refractivity contribution is -0.143. The Hall–Kier alpha value is -3.17. The fraction of sp³-hybridized carbons (Fsp3) is 0.690. The highest BCUT2D eigenvalue weighted by Crippen LogP contribution is 2.26. The molecule has 2 aliphatic rings. The van der Waals surface area contributed by atoms with Gasteiger partial charge in [0, 0.05) is 19.1 Å². The quantitative estimate of drug-likeness (QED) is 0.160. The lowest BCUT2D eigenvalue weighted by atomic mass is 9.85. The number of nitrogens with zero attached hydrogens (tertiary/aromatic N) is 1. The van der Waals surface area contributed by atoms with E-state index in [1.54, 1.807) is 12.2 Å². The van der Waals surface area contributed by atoms with Crippen molar-refractivity contribution in [2.45, 2.75) is 109 Å². The zero-order chi connectivity index (χ0) is 29.0. The van der Waals surface area contributed by atoms with Crippen molar-refractivity contribution >= 4 is 29.5 Å². The average Bonchev–Trinajstić information content (AvgIpc) is 3.39. The van der Waals surface area contributed by atoms with Crippen molar-refractivity contribution in [2.75, 3.05) is 13.1 Å². The van der Waals surface area contributed by atoms with E-state index in [2.05, 4.69) is 34.4 Å². The highest BCUT2D eigenvalue weighted by atomic mass is 16.2. The Labute approximate surface area is 232 Å². The summed E-state index contributed by atoms with van der Waals surface area (Å²) in [6.07, 6.45) is 10.6. The van der Waals surface area contributed by atoms with Crippen LogP contribution in [0.5, 0.6) is 0 Å². The molecule has 1 saturated carbocycles. The van der Waals surface area contributed by atoms with E-state index in [4.69, 9.17) is 0 Å². The van der Waals surface area contributed by atoms with Crippen molar-refractivity contribution in [2.24, 2.45) is 5.41 Å². The van der Waals surface area contributed by atoms with E-state index in [-0.39, 0.29) is 30.9 Å². The SMILES string of the molecule is C=CCCNC(=O)C(=O)C(CCC=C)NC(=O)[C@@H]1CCCN1C(=O)C(NC(=O)NC1CCCCC1)C(C)(C)C. The van der Waals surface area contributed by atoms with Crippen LogP contribution in [-0.4, -0.2) is 71.7 Å².